The average Bonchev–Trinajstić information content (AvgIpc) is 2.92. The standard InChI is InChI=1S/C19H20N2O4/c22-14-18-21(10-4-5-13-24-18)17-8-11-20(12-9-17)19(23)25-15-16-6-2-1-3-7-16/h1-7,10,13,17H,8-9,11-12,15H2. The highest BCUT2D eigenvalue weighted by atomic mass is 16.6. The molecule has 0 spiro atoms. The van der Waals surface area contributed by atoms with Crippen LogP contribution in [0.1, 0.15) is 18.4 Å². The molecule has 2 heterocycles. The molecule has 6 heteroatoms. The Kier molecular flexibility index (Phi) is 5.54. The second-order valence-electron chi connectivity index (χ2n) is 5.86. The maximum absolute atomic E-state index is 12.2. The number of nitrogens with zero attached hydrogens (tertiary/aromatic N) is 2. The Labute approximate surface area is 146 Å². The van der Waals surface area contributed by atoms with Crippen LogP contribution in [0, 0.1) is 0 Å². The second kappa shape index (κ2) is 8.22. The third-order valence-electron chi connectivity index (χ3n) is 4.26. The predicted octanol–water partition coefficient (Wildman–Crippen LogP) is 2.82. The maximum Gasteiger partial charge on any atom is 0.410 e. The van der Waals surface area contributed by atoms with Crippen LogP contribution in [0.3, 0.4) is 0 Å². The third-order valence-corrected chi connectivity index (χ3v) is 4.26. The quantitative estimate of drug-likeness (QED) is 0.792. The van der Waals surface area contributed by atoms with Gasteiger partial charge in [0.15, 0.2) is 5.94 Å². The summed E-state index contributed by atoms with van der Waals surface area (Å²) in [6, 6.07) is 9.69. The Morgan fingerprint density at radius 3 is 2.68 bits per heavy atom. The van der Waals surface area contributed by atoms with Crippen LogP contribution in [0.2, 0.25) is 0 Å². The number of allylic oxidation sites excluding steroid dienone is 2. The van der Waals surface area contributed by atoms with Crippen molar-refractivity contribution in [2.45, 2.75) is 25.5 Å². The number of hydrogen-bond donors (Lipinski definition) is 0. The highest BCUT2D eigenvalue weighted by molar-refractivity contribution is 5.67. The first-order valence-electron chi connectivity index (χ1n) is 8.27. The van der Waals surface area contributed by atoms with Crippen molar-refractivity contribution in [2.75, 3.05) is 13.1 Å². The number of carbonyl (C=O) groups excluding carboxylic acids is 2. The Balaban J connectivity index is 1.51. The SMILES string of the molecule is O=C=C1OC=CC=CN1C1CCN(C(=O)OCc2ccccc2)CC1. The van der Waals surface area contributed by atoms with E-state index in [2.05, 4.69) is 0 Å². The Bertz CT molecular complexity index is 699. The van der Waals surface area contributed by atoms with Crippen molar-refractivity contribution in [3.05, 3.63) is 66.4 Å². The Morgan fingerprint density at radius 1 is 1.20 bits per heavy atom. The van der Waals surface area contributed by atoms with Gasteiger partial charge in [-0.2, -0.15) is 0 Å². The minimum absolute atomic E-state index is 0.0887. The topological polar surface area (TPSA) is 59.1 Å². The molecule has 1 saturated heterocycles. The van der Waals surface area contributed by atoms with Crippen molar-refractivity contribution < 1.29 is 19.1 Å². The van der Waals surface area contributed by atoms with E-state index in [-0.39, 0.29) is 24.6 Å². The fourth-order valence-corrected chi connectivity index (χ4v) is 2.92. The molecule has 0 N–H and O–H groups in total. The summed E-state index contributed by atoms with van der Waals surface area (Å²) in [4.78, 5) is 26.8. The zero-order chi connectivity index (χ0) is 17.5. The molecular weight excluding hydrogens is 320 g/mol. The molecule has 0 radical (unpaired) electrons. The molecule has 0 saturated carbocycles. The van der Waals surface area contributed by atoms with Crippen LogP contribution in [0.15, 0.2) is 60.8 Å². The Morgan fingerprint density at radius 2 is 1.96 bits per heavy atom. The van der Waals surface area contributed by atoms with E-state index < -0.39 is 0 Å². The Hall–Kier alpha value is -2.98. The second-order valence-corrected chi connectivity index (χ2v) is 5.86. The van der Waals surface area contributed by atoms with Gasteiger partial charge in [-0.25, -0.2) is 9.59 Å². The molecule has 25 heavy (non-hydrogen) atoms. The summed E-state index contributed by atoms with van der Waals surface area (Å²) < 4.78 is 10.6. The predicted molar refractivity (Wildman–Crippen MR) is 91.6 cm³/mol. The minimum atomic E-state index is -0.308. The van der Waals surface area contributed by atoms with Crippen LogP contribution in [0.25, 0.3) is 0 Å². The monoisotopic (exact) mass is 340 g/mol. The lowest BCUT2D eigenvalue weighted by Gasteiger charge is -2.36. The summed E-state index contributed by atoms with van der Waals surface area (Å²) in [5.41, 5.74) is 0.964. The summed E-state index contributed by atoms with van der Waals surface area (Å²) in [5.74, 6) is 1.97. The van der Waals surface area contributed by atoms with E-state index in [1.54, 1.807) is 22.1 Å². The smallest absolute Gasteiger partial charge is 0.410 e. The first-order chi connectivity index (χ1) is 12.3. The molecule has 6 nitrogen and oxygen atoms in total. The van der Waals surface area contributed by atoms with E-state index in [1.807, 2.05) is 42.3 Å². The van der Waals surface area contributed by atoms with Crippen LogP contribution in [-0.2, 0) is 20.9 Å². The van der Waals surface area contributed by atoms with Gasteiger partial charge in [-0.05, 0) is 30.6 Å². The zero-order valence-electron chi connectivity index (χ0n) is 13.8. The summed E-state index contributed by atoms with van der Waals surface area (Å²) in [5, 5.41) is 0. The fraction of sp³-hybridized carbons (Fsp3) is 0.316. The summed E-state index contributed by atoms with van der Waals surface area (Å²) in [6.45, 7) is 1.41. The van der Waals surface area contributed by atoms with Crippen molar-refractivity contribution >= 4 is 12.0 Å². The molecule has 0 atom stereocenters. The molecule has 130 valence electrons. The molecule has 0 aromatic heterocycles. The van der Waals surface area contributed by atoms with Crippen molar-refractivity contribution in [1.82, 2.24) is 9.80 Å². The van der Waals surface area contributed by atoms with Gasteiger partial charge in [0.2, 0.25) is 0 Å². The first kappa shape index (κ1) is 16.9. The normalized spacial score (nSPS) is 17.7. The van der Waals surface area contributed by atoms with E-state index in [1.165, 1.54) is 6.26 Å². The van der Waals surface area contributed by atoms with Crippen LogP contribution < -0.4 is 0 Å². The number of rotatable bonds is 3. The molecular formula is C19H20N2O4. The molecule has 1 amide bonds. The average molecular weight is 340 g/mol. The van der Waals surface area contributed by atoms with Gasteiger partial charge in [0.1, 0.15) is 6.61 Å². The molecule has 2 aliphatic rings. The number of amides is 1. The molecule has 1 aromatic carbocycles. The van der Waals surface area contributed by atoms with Gasteiger partial charge in [0.05, 0.1) is 6.26 Å². The zero-order valence-corrected chi connectivity index (χ0v) is 13.8. The van der Waals surface area contributed by atoms with E-state index in [0.29, 0.717) is 13.1 Å². The summed E-state index contributed by atoms with van der Waals surface area (Å²) in [6.07, 6.45) is 7.92. The lowest BCUT2D eigenvalue weighted by molar-refractivity contribution is 0.0735. The van der Waals surface area contributed by atoms with E-state index in [9.17, 15) is 9.59 Å². The lowest BCUT2D eigenvalue weighted by atomic mass is 10.0. The molecule has 1 fully saturated rings. The van der Waals surface area contributed by atoms with Gasteiger partial charge in [0, 0.05) is 25.3 Å². The number of likely N-dealkylation sites (tertiary alicyclic amines) is 1. The van der Waals surface area contributed by atoms with Crippen LogP contribution >= 0.6 is 0 Å². The van der Waals surface area contributed by atoms with Gasteiger partial charge < -0.3 is 19.3 Å². The molecule has 0 bridgehead atoms. The fourth-order valence-electron chi connectivity index (χ4n) is 2.92. The van der Waals surface area contributed by atoms with Gasteiger partial charge >= 0.3 is 6.09 Å². The third kappa shape index (κ3) is 4.31. The van der Waals surface area contributed by atoms with Crippen molar-refractivity contribution in [3.8, 4) is 0 Å². The van der Waals surface area contributed by atoms with E-state index >= 15 is 0 Å². The molecule has 3 rings (SSSR count). The number of carbonyl (C=O) groups is 1. The van der Waals surface area contributed by atoms with Crippen molar-refractivity contribution in [2.24, 2.45) is 0 Å². The van der Waals surface area contributed by atoms with E-state index in [4.69, 9.17) is 9.47 Å². The van der Waals surface area contributed by atoms with E-state index in [0.717, 1.165) is 18.4 Å². The van der Waals surface area contributed by atoms with Gasteiger partial charge in [-0.1, -0.05) is 30.3 Å². The van der Waals surface area contributed by atoms with Crippen LogP contribution in [-0.4, -0.2) is 41.0 Å². The molecule has 0 unspecified atom stereocenters. The number of hydrogen-bond acceptors (Lipinski definition) is 5. The number of ether oxygens (including phenoxy) is 2. The summed E-state index contributed by atoms with van der Waals surface area (Å²) in [7, 11) is 0. The largest absolute Gasteiger partial charge is 0.445 e. The molecule has 0 aliphatic carbocycles. The van der Waals surface area contributed by atoms with Crippen molar-refractivity contribution in [1.29, 1.82) is 0 Å². The number of piperidine rings is 1. The van der Waals surface area contributed by atoms with Gasteiger partial charge in [0.25, 0.3) is 5.88 Å². The highest BCUT2D eigenvalue weighted by Gasteiger charge is 2.29. The van der Waals surface area contributed by atoms with Gasteiger partial charge in [-0.3, -0.25) is 0 Å². The van der Waals surface area contributed by atoms with Crippen LogP contribution in [0.4, 0.5) is 4.79 Å². The number of benzene rings is 1. The maximum atomic E-state index is 12.2. The molecule has 2 aliphatic heterocycles. The lowest BCUT2D eigenvalue weighted by Crippen LogP contribution is -2.45. The van der Waals surface area contributed by atoms with Gasteiger partial charge in [-0.15, -0.1) is 0 Å². The highest BCUT2D eigenvalue weighted by Crippen LogP contribution is 2.22. The summed E-state index contributed by atoms with van der Waals surface area (Å²) >= 11 is 0. The molecule has 1 aromatic rings. The minimum Gasteiger partial charge on any atom is -0.445 e. The first-order valence-corrected chi connectivity index (χ1v) is 8.27. The van der Waals surface area contributed by atoms with Crippen molar-refractivity contribution in [3.63, 3.8) is 0 Å². The van der Waals surface area contributed by atoms with Crippen LogP contribution in [0.5, 0.6) is 0 Å².